The zero-order valence-electron chi connectivity index (χ0n) is 10.6. The van der Waals surface area contributed by atoms with Gasteiger partial charge in [0.2, 0.25) is 5.91 Å². The van der Waals surface area contributed by atoms with Crippen LogP contribution in [0.4, 0.5) is 5.69 Å². The molecule has 5 nitrogen and oxygen atoms in total. The number of nitrogens with one attached hydrogen (secondary N) is 1. The van der Waals surface area contributed by atoms with E-state index in [0.29, 0.717) is 23.9 Å². The minimum absolute atomic E-state index is 0.0196. The van der Waals surface area contributed by atoms with Crippen molar-refractivity contribution in [2.45, 2.75) is 12.5 Å². The molecule has 6 heteroatoms. The summed E-state index contributed by atoms with van der Waals surface area (Å²) < 4.78 is 5.31. The van der Waals surface area contributed by atoms with Gasteiger partial charge in [0, 0.05) is 24.3 Å². The number of amides is 2. The Morgan fingerprint density at radius 2 is 2.16 bits per heavy atom. The molecule has 0 saturated carbocycles. The molecule has 1 atom stereocenters. The van der Waals surface area contributed by atoms with Gasteiger partial charge in [0.25, 0.3) is 5.91 Å². The predicted octanol–water partition coefficient (Wildman–Crippen LogP) is 1.53. The van der Waals surface area contributed by atoms with Gasteiger partial charge >= 0.3 is 0 Å². The van der Waals surface area contributed by atoms with Crippen LogP contribution in [-0.2, 0) is 14.3 Å². The van der Waals surface area contributed by atoms with E-state index in [0.717, 1.165) is 0 Å². The number of hydrogen-bond donors (Lipinski definition) is 1. The Hall–Kier alpha value is -1.59. The molecule has 0 radical (unpaired) electrons. The third-order valence-corrected chi connectivity index (χ3v) is 3.15. The van der Waals surface area contributed by atoms with Crippen molar-refractivity contribution in [3.8, 4) is 0 Å². The molecule has 1 aromatic carbocycles. The first kappa shape index (κ1) is 13.8. The Labute approximate surface area is 116 Å². The average molecular weight is 283 g/mol. The van der Waals surface area contributed by atoms with E-state index in [9.17, 15) is 9.59 Å². The molecule has 1 aliphatic heterocycles. The highest BCUT2D eigenvalue weighted by Crippen LogP contribution is 2.15. The monoisotopic (exact) mass is 282 g/mol. The van der Waals surface area contributed by atoms with Crippen LogP contribution in [0.25, 0.3) is 0 Å². The molecule has 0 aromatic heterocycles. The second kappa shape index (κ2) is 6.04. The SMILES string of the molecule is CN1CCOC(CC(=O)Nc2ccc(Cl)cc2)C1=O. The van der Waals surface area contributed by atoms with Crippen LogP contribution >= 0.6 is 11.6 Å². The molecule has 1 heterocycles. The maximum atomic E-state index is 11.8. The highest BCUT2D eigenvalue weighted by Gasteiger charge is 2.29. The van der Waals surface area contributed by atoms with Gasteiger partial charge in [-0.1, -0.05) is 11.6 Å². The molecule has 2 amide bonds. The molecule has 1 unspecified atom stereocenters. The van der Waals surface area contributed by atoms with Crippen molar-refractivity contribution in [2.24, 2.45) is 0 Å². The number of morpholine rings is 1. The molecule has 1 aliphatic rings. The molecule has 102 valence electrons. The number of likely N-dealkylation sites (N-methyl/N-ethyl adjacent to an activating group) is 1. The smallest absolute Gasteiger partial charge is 0.252 e. The first-order valence-electron chi connectivity index (χ1n) is 5.98. The van der Waals surface area contributed by atoms with E-state index in [-0.39, 0.29) is 18.2 Å². The van der Waals surface area contributed by atoms with Gasteiger partial charge in [-0.25, -0.2) is 0 Å². The van der Waals surface area contributed by atoms with E-state index in [1.807, 2.05) is 0 Å². The zero-order chi connectivity index (χ0) is 13.8. The molecular weight excluding hydrogens is 268 g/mol. The van der Waals surface area contributed by atoms with Gasteiger partial charge in [0.1, 0.15) is 6.10 Å². The normalized spacial score (nSPS) is 19.4. The van der Waals surface area contributed by atoms with Crippen LogP contribution in [0.2, 0.25) is 5.02 Å². The minimum Gasteiger partial charge on any atom is -0.366 e. The summed E-state index contributed by atoms with van der Waals surface area (Å²) in [4.78, 5) is 25.2. The minimum atomic E-state index is -0.689. The molecule has 19 heavy (non-hydrogen) atoms. The van der Waals surface area contributed by atoms with Gasteiger partial charge in [0.15, 0.2) is 0 Å². The maximum absolute atomic E-state index is 11.8. The van der Waals surface area contributed by atoms with Gasteiger partial charge in [-0.3, -0.25) is 9.59 Å². The van der Waals surface area contributed by atoms with Crippen molar-refractivity contribution in [2.75, 3.05) is 25.5 Å². The van der Waals surface area contributed by atoms with Crippen LogP contribution in [0.1, 0.15) is 6.42 Å². The van der Waals surface area contributed by atoms with Crippen molar-refractivity contribution in [3.05, 3.63) is 29.3 Å². The second-order valence-electron chi connectivity index (χ2n) is 4.38. The van der Waals surface area contributed by atoms with Crippen LogP contribution in [0, 0.1) is 0 Å². The Morgan fingerprint density at radius 3 is 2.84 bits per heavy atom. The number of anilines is 1. The van der Waals surface area contributed by atoms with E-state index in [1.54, 1.807) is 36.2 Å². The maximum Gasteiger partial charge on any atom is 0.252 e. The summed E-state index contributed by atoms with van der Waals surface area (Å²) in [5, 5.41) is 3.31. The average Bonchev–Trinajstić information content (AvgIpc) is 2.38. The third kappa shape index (κ3) is 3.68. The quantitative estimate of drug-likeness (QED) is 0.914. The molecule has 2 rings (SSSR count). The molecule has 0 bridgehead atoms. The number of carbonyl (C=O) groups is 2. The summed E-state index contributed by atoms with van der Waals surface area (Å²) in [7, 11) is 1.70. The Kier molecular flexibility index (Phi) is 4.39. The highest BCUT2D eigenvalue weighted by atomic mass is 35.5. The molecular formula is C13H15ClN2O3. The van der Waals surface area contributed by atoms with E-state index in [1.165, 1.54) is 0 Å². The van der Waals surface area contributed by atoms with Crippen molar-refractivity contribution in [3.63, 3.8) is 0 Å². The van der Waals surface area contributed by atoms with Crippen molar-refractivity contribution in [1.29, 1.82) is 0 Å². The van der Waals surface area contributed by atoms with E-state index < -0.39 is 6.10 Å². The topological polar surface area (TPSA) is 58.6 Å². The lowest BCUT2D eigenvalue weighted by atomic mass is 10.2. The standard InChI is InChI=1S/C13H15ClN2O3/c1-16-6-7-19-11(13(16)18)8-12(17)15-10-4-2-9(14)3-5-10/h2-5,11H,6-8H2,1H3,(H,15,17). The van der Waals surface area contributed by atoms with Crippen LogP contribution in [0.15, 0.2) is 24.3 Å². The summed E-state index contributed by atoms with van der Waals surface area (Å²) in [5.74, 6) is -0.409. The fraction of sp³-hybridized carbons (Fsp3) is 0.385. The number of rotatable bonds is 3. The Balaban J connectivity index is 1.90. The van der Waals surface area contributed by atoms with Gasteiger partial charge < -0.3 is 15.0 Å². The van der Waals surface area contributed by atoms with Gasteiger partial charge in [-0.15, -0.1) is 0 Å². The third-order valence-electron chi connectivity index (χ3n) is 2.90. The molecule has 1 saturated heterocycles. The summed E-state index contributed by atoms with van der Waals surface area (Å²) in [6.07, 6.45) is -0.669. The molecule has 0 spiro atoms. The lowest BCUT2D eigenvalue weighted by Gasteiger charge is -2.29. The summed E-state index contributed by atoms with van der Waals surface area (Å²) in [6, 6.07) is 6.78. The lowest BCUT2D eigenvalue weighted by Crippen LogP contribution is -2.46. The fourth-order valence-corrected chi connectivity index (χ4v) is 1.95. The van der Waals surface area contributed by atoms with E-state index >= 15 is 0 Å². The van der Waals surface area contributed by atoms with Crippen LogP contribution in [0.3, 0.4) is 0 Å². The largest absolute Gasteiger partial charge is 0.366 e. The molecule has 0 aliphatic carbocycles. The molecule has 1 aromatic rings. The number of halogens is 1. The van der Waals surface area contributed by atoms with Crippen LogP contribution in [-0.4, -0.2) is 43.0 Å². The van der Waals surface area contributed by atoms with Crippen LogP contribution < -0.4 is 5.32 Å². The highest BCUT2D eigenvalue weighted by molar-refractivity contribution is 6.30. The Morgan fingerprint density at radius 1 is 1.47 bits per heavy atom. The van der Waals surface area contributed by atoms with E-state index in [4.69, 9.17) is 16.3 Å². The van der Waals surface area contributed by atoms with Gasteiger partial charge in [0.05, 0.1) is 13.0 Å². The fourth-order valence-electron chi connectivity index (χ4n) is 1.82. The number of carbonyl (C=O) groups excluding carboxylic acids is 2. The van der Waals surface area contributed by atoms with Gasteiger partial charge in [-0.05, 0) is 24.3 Å². The second-order valence-corrected chi connectivity index (χ2v) is 4.81. The number of nitrogens with zero attached hydrogens (tertiary/aromatic N) is 1. The van der Waals surface area contributed by atoms with Crippen molar-refractivity contribution in [1.82, 2.24) is 4.90 Å². The molecule has 1 fully saturated rings. The predicted molar refractivity (Wildman–Crippen MR) is 72.1 cm³/mol. The molecule has 1 N–H and O–H groups in total. The lowest BCUT2D eigenvalue weighted by molar-refractivity contribution is -0.153. The Bertz CT molecular complexity index is 475. The summed E-state index contributed by atoms with van der Waals surface area (Å²) in [6.45, 7) is 1.02. The van der Waals surface area contributed by atoms with E-state index in [2.05, 4.69) is 5.32 Å². The van der Waals surface area contributed by atoms with Crippen molar-refractivity contribution < 1.29 is 14.3 Å². The number of benzene rings is 1. The summed E-state index contributed by atoms with van der Waals surface area (Å²) >= 11 is 5.76. The first-order valence-corrected chi connectivity index (χ1v) is 6.36. The zero-order valence-corrected chi connectivity index (χ0v) is 11.3. The van der Waals surface area contributed by atoms with Gasteiger partial charge in [-0.2, -0.15) is 0 Å². The number of ether oxygens (including phenoxy) is 1. The van der Waals surface area contributed by atoms with Crippen LogP contribution in [0.5, 0.6) is 0 Å². The number of hydrogen-bond acceptors (Lipinski definition) is 3. The van der Waals surface area contributed by atoms with Crippen molar-refractivity contribution >= 4 is 29.1 Å². The summed E-state index contributed by atoms with van der Waals surface area (Å²) in [5.41, 5.74) is 0.644. The first-order chi connectivity index (χ1) is 9.06.